The van der Waals surface area contributed by atoms with Crippen molar-refractivity contribution in [1.82, 2.24) is 20.0 Å². The van der Waals surface area contributed by atoms with Gasteiger partial charge in [0, 0.05) is 38.4 Å². The van der Waals surface area contributed by atoms with Crippen molar-refractivity contribution in [3.05, 3.63) is 17.5 Å². The highest BCUT2D eigenvalue weighted by Crippen LogP contribution is 2.34. The van der Waals surface area contributed by atoms with Gasteiger partial charge in [0.05, 0.1) is 11.1 Å². The Morgan fingerprint density at radius 3 is 2.71 bits per heavy atom. The lowest BCUT2D eigenvalue weighted by Crippen LogP contribution is -2.41. The van der Waals surface area contributed by atoms with Gasteiger partial charge in [-0.05, 0) is 19.8 Å². The number of nitrogens with one attached hydrogen (secondary N) is 1. The fraction of sp³-hybridized carbons (Fsp3) is 0.643. The highest BCUT2D eigenvalue weighted by atomic mass is 16.4. The molecule has 1 fully saturated rings. The minimum absolute atomic E-state index is 0.213. The van der Waals surface area contributed by atoms with E-state index < -0.39 is 11.4 Å². The van der Waals surface area contributed by atoms with Gasteiger partial charge in [0.15, 0.2) is 0 Å². The Balaban J connectivity index is 1.93. The van der Waals surface area contributed by atoms with Gasteiger partial charge >= 0.3 is 12.0 Å². The van der Waals surface area contributed by atoms with Crippen molar-refractivity contribution in [3.8, 4) is 0 Å². The molecule has 0 aromatic carbocycles. The van der Waals surface area contributed by atoms with Crippen LogP contribution in [0.4, 0.5) is 4.79 Å². The minimum atomic E-state index is -0.816. The molecule has 1 aromatic heterocycles. The third-order valence-corrected chi connectivity index (χ3v) is 4.32. The van der Waals surface area contributed by atoms with Crippen molar-refractivity contribution in [1.29, 1.82) is 0 Å². The summed E-state index contributed by atoms with van der Waals surface area (Å²) in [7, 11) is 1.83. The van der Waals surface area contributed by atoms with Crippen molar-refractivity contribution in [2.24, 2.45) is 12.5 Å². The van der Waals surface area contributed by atoms with E-state index in [-0.39, 0.29) is 12.6 Å². The van der Waals surface area contributed by atoms with Gasteiger partial charge in [-0.1, -0.05) is 6.92 Å². The highest BCUT2D eigenvalue weighted by Gasteiger charge is 2.44. The quantitative estimate of drug-likeness (QED) is 0.871. The number of amides is 2. The summed E-state index contributed by atoms with van der Waals surface area (Å²) in [6.45, 7) is 4.91. The van der Waals surface area contributed by atoms with Crippen LogP contribution in [-0.2, 0) is 18.4 Å². The molecule has 1 unspecified atom stereocenters. The van der Waals surface area contributed by atoms with Gasteiger partial charge in [-0.15, -0.1) is 0 Å². The molecule has 0 aliphatic carbocycles. The average Bonchev–Trinajstić information content (AvgIpc) is 3.00. The SMILES string of the molecule is CCC1(C(=O)O)CCN(C(=O)NCc2cn(C)nc2C)C1. The maximum absolute atomic E-state index is 12.2. The third kappa shape index (κ3) is 3.01. The van der Waals surface area contributed by atoms with Crippen LogP contribution >= 0.6 is 0 Å². The summed E-state index contributed by atoms with van der Waals surface area (Å²) in [5, 5.41) is 16.4. The van der Waals surface area contributed by atoms with Crippen LogP contribution in [0.1, 0.15) is 31.0 Å². The first-order valence-electron chi connectivity index (χ1n) is 7.13. The molecule has 21 heavy (non-hydrogen) atoms. The molecule has 0 bridgehead atoms. The van der Waals surface area contributed by atoms with Crippen LogP contribution in [-0.4, -0.2) is 44.9 Å². The molecule has 0 saturated carbocycles. The number of urea groups is 1. The second kappa shape index (κ2) is 5.75. The zero-order chi connectivity index (χ0) is 15.6. The molecule has 2 amide bonds. The maximum atomic E-state index is 12.2. The molecule has 7 heteroatoms. The summed E-state index contributed by atoms with van der Waals surface area (Å²) in [4.78, 5) is 25.1. The van der Waals surface area contributed by atoms with E-state index in [9.17, 15) is 14.7 Å². The monoisotopic (exact) mass is 294 g/mol. The minimum Gasteiger partial charge on any atom is -0.481 e. The predicted molar refractivity (Wildman–Crippen MR) is 76.7 cm³/mol. The maximum Gasteiger partial charge on any atom is 0.317 e. The van der Waals surface area contributed by atoms with Gasteiger partial charge < -0.3 is 15.3 Å². The molecule has 0 spiro atoms. The van der Waals surface area contributed by atoms with Gasteiger partial charge in [0.25, 0.3) is 0 Å². The van der Waals surface area contributed by atoms with Gasteiger partial charge in [-0.3, -0.25) is 9.48 Å². The number of aryl methyl sites for hydroxylation is 2. The fourth-order valence-electron chi connectivity index (χ4n) is 2.76. The van der Waals surface area contributed by atoms with Crippen molar-refractivity contribution in [2.75, 3.05) is 13.1 Å². The number of aliphatic carboxylic acids is 1. The summed E-state index contributed by atoms with van der Waals surface area (Å²) < 4.78 is 1.71. The lowest BCUT2D eigenvalue weighted by molar-refractivity contribution is -0.148. The number of rotatable bonds is 4. The van der Waals surface area contributed by atoms with E-state index in [0.29, 0.717) is 25.9 Å². The average molecular weight is 294 g/mol. The molecule has 1 saturated heterocycles. The van der Waals surface area contributed by atoms with E-state index in [4.69, 9.17) is 0 Å². The van der Waals surface area contributed by atoms with E-state index in [1.54, 1.807) is 9.58 Å². The molecule has 1 aliphatic heterocycles. The Kier molecular flexibility index (Phi) is 4.20. The Morgan fingerprint density at radius 1 is 1.52 bits per heavy atom. The molecular formula is C14H22N4O3. The molecule has 116 valence electrons. The Labute approximate surface area is 123 Å². The number of carbonyl (C=O) groups is 2. The van der Waals surface area contributed by atoms with Gasteiger partial charge in [0.2, 0.25) is 0 Å². The van der Waals surface area contributed by atoms with Crippen LogP contribution in [0.2, 0.25) is 0 Å². The Hall–Kier alpha value is -2.05. The normalized spacial score (nSPS) is 21.6. The first-order chi connectivity index (χ1) is 9.88. The summed E-state index contributed by atoms with van der Waals surface area (Å²) in [5.41, 5.74) is 1.05. The van der Waals surface area contributed by atoms with Crippen LogP contribution in [0.25, 0.3) is 0 Å². The standard InChI is InChI=1S/C14H22N4O3/c1-4-14(12(19)20)5-6-18(9-14)13(21)15-7-11-8-17(3)16-10(11)2/h8H,4-7,9H2,1-3H3,(H,15,21)(H,19,20). The topological polar surface area (TPSA) is 87.5 Å². The molecular weight excluding hydrogens is 272 g/mol. The molecule has 1 atom stereocenters. The zero-order valence-electron chi connectivity index (χ0n) is 12.7. The van der Waals surface area contributed by atoms with E-state index in [2.05, 4.69) is 10.4 Å². The van der Waals surface area contributed by atoms with Gasteiger partial charge in [-0.25, -0.2) is 4.79 Å². The lowest BCUT2D eigenvalue weighted by atomic mass is 9.84. The molecule has 0 radical (unpaired) electrons. The summed E-state index contributed by atoms with van der Waals surface area (Å²) in [6.07, 6.45) is 2.92. The number of hydrogen-bond donors (Lipinski definition) is 2. The Morgan fingerprint density at radius 2 is 2.24 bits per heavy atom. The molecule has 2 N–H and O–H groups in total. The third-order valence-electron chi connectivity index (χ3n) is 4.32. The second-order valence-corrected chi connectivity index (χ2v) is 5.68. The number of hydrogen-bond acceptors (Lipinski definition) is 3. The first-order valence-corrected chi connectivity index (χ1v) is 7.13. The lowest BCUT2D eigenvalue weighted by Gasteiger charge is -2.23. The fourth-order valence-corrected chi connectivity index (χ4v) is 2.76. The number of likely N-dealkylation sites (tertiary alicyclic amines) is 1. The second-order valence-electron chi connectivity index (χ2n) is 5.68. The van der Waals surface area contributed by atoms with Gasteiger partial charge in [0.1, 0.15) is 0 Å². The summed E-state index contributed by atoms with van der Waals surface area (Å²) in [6, 6.07) is -0.213. The molecule has 1 aliphatic rings. The summed E-state index contributed by atoms with van der Waals surface area (Å²) >= 11 is 0. The molecule has 2 heterocycles. The highest BCUT2D eigenvalue weighted by molar-refractivity contribution is 5.79. The Bertz CT molecular complexity index is 554. The molecule has 2 rings (SSSR count). The van der Waals surface area contributed by atoms with Crippen LogP contribution in [0.15, 0.2) is 6.20 Å². The van der Waals surface area contributed by atoms with Crippen LogP contribution in [0.3, 0.4) is 0 Å². The van der Waals surface area contributed by atoms with Crippen molar-refractivity contribution >= 4 is 12.0 Å². The van der Waals surface area contributed by atoms with Gasteiger partial charge in [-0.2, -0.15) is 5.10 Å². The van der Waals surface area contributed by atoms with E-state index >= 15 is 0 Å². The van der Waals surface area contributed by atoms with Crippen molar-refractivity contribution in [2.45, 2.75) is 33.2 Å². The number of carboxylic acids is 1. The van der Waals surface area contributed by atoms with E-state index in [1.165, 1.54) is 0 Å². The predicted octanol–water partition coefficient (Wildman–Crippen LogP) is 1.12. The number of carbonyl (C=O) groups excluding carboxylic acids is 1. The van der Waals surface area contributed by atoms with Crippen LogP contribution < -0.4 is 5.32 Å². The molecule has 7 nitrogen and oxygen atoms in total. The number of aromatic nitrogens is 2. The van der Waals surface area contributed by atoms with Crippen LogP contribution in [0, 0.1) is 12.3 Å². The van der Waals surface area contributed by atoms with Crippen LogP contribution in [0.5, 0.6) is 0 Å². The van der Waals surface area contributed by atoms with E-state index in [0.717, 1.165) is 11.3 Å². The molecule has 1 aromatic rings. The smallest absolute Gasteiger partial charge is 0.317 e. The summed E-state index contributed by atoms with van der Waals surface area (Å²) in [5.74, 6) is -0.816. The first kappa shape index (κ1) is 15.3. The van der Waals surface area contributed by atoms with Crippen molar-refractivity contribution in [3.63, 3.8) is 0 Å². The number of carboxylic acid groups (broad SMARTS) is 1. The number of nitrogens with zero attached hydrogens (tertiary/aromatic N) is 3. The zero-order valence-corrected chi connectivity index (χ0v) is 12.7. The van der Waals surface area contributed by atoms with Crippen molar-refractivity contribution < 1.29 is 14.7 Å². The van der Waals surface area contributed by atoms with E-state index in [1.807, 2.05) is 27.1 Å². The largest absolute Gasteiger partial charge is 0.481 e.